The first-order chi connectivity index (χ1) is 19.0. The van der Waals surface area contributed by atoms with Crippen molar-refractivity contribution in [2.24, 2.45) is 11.1 Å². The van der Waals surface area contributed by atoms with E-state index in [1.54, 1.807) is 36.1 Å². The van der Waals surface area contributed by atoms with E-state index in [0.29, 0.717) is 46.2 Å². The summed E-state index contributed by atoms with van der Waals surface area (Å²) in [5.74, 6) is -0.599. The van der Waals surface area contributed by atoms with Gasteiger partial charge < -0.3 is 24.7 Å². The topological polar surface area (TPSA) is 143 Å². The van der Waals surface area contributed by atoms with E-state index in [-0.39, 0.29) is 35.9 Å². The maximum atomic E-state index is 13.9. The van der Waals surface area contributed by atoms with Gasteiger partial charge in [0.25, 0.3) is 5.69 Å². The fourth-order valence-corrected chi connectivity index (χ4v) is 5.44. The predicted molar refractivity (Wildman–Crippen MR) is 147 cm³/mol. The molecule has 212 valence electrons. The van der Waals surface area contributed by atoms with Crippen molar-refractivity contribution in [1.29, 1.82) is 0 Å². The van der Waals surface area contributed by atoms with Gasteiger partial charge in [0, 0.05) is 35.5 Å². The number of nitro groups is 1. The Bertz CT molecular complexity index is 1400. The number of carbonyl (C=O) groups is 2. The smallest absolute Gasteiger partial charge is 0.338 e. The Morgan fingerprint density at radius 3 is 2.17 bits per heavy atom. The Morgan fingerprint density at radius 1 is 1.07 bits per heavy atom. The summed E-state index contributed by atoms with van der Waals surface area (Å²) in [4.78, 5) is 39.9. The third-order valence-electron chi connectivity index (χ3n) is 7.10. The molecule has 0 bridgehead atoms. The molecular weight excluding hydrogens is 518 g/mol. The number of allylic oxidation sites excluding steroid dienone is 2. The Labute approximate surface area is 232 Å². The highest BCUT2D eigenvalue weighted by atomic mass is 16.6. The zero-order chi connectivity index (χ0) is 29.4. The Hall–Kier alpha value is -4.54. The zero-order valence-electron chi connectivity index (χ0n) is 23.4. The van der Waals surface area contributed by atoms with Gasteiger partial charge in [-0.05, 0) is 48.6 Å². The second kappa shape index (κ2) is 10.9. The molecule has 2 aromatic carbocycles. The lowest BCUT2D eigenvalue weighted by atomic mass is 9.68. The Balaban J connectivity index is 2.06. The van der Waals surface area contributed by atoms with Crippen molar-refractivity contribution >= 4 is 23.1 Å². The lowest BCUT2D eigenvalue weighted by molar-refractivity contribution is -0.384. The molecule has 11 nitrogen and oxygen atoms in total. The van der Waals surface area contributed by atoms with Gasteiger partial charge in [-0.2, -0.15) is 0 Å². The van der Waals surface area contributed by atoms with E-state index in [9.17, 15) is 19.7 Å². The molecule has 1 aliphatic carbocycles. The quantitative estimate of drug-likeness (QED) is 0.281. The SMILES string of the molecule is CCOC(=O)C1=C(N)N(c2ccc([N+](=O)[O-])cc2)C2=C(C(=O)CC(C)(C)C2)[C@H]1c1cc(OC)c(OC)c(OC)c1. The highest BCUT2D eigenvalue weighted by Gasteiger charge is 2.47. The Kier molecular flexibility index (Phi) is 7.77. The molecule has 4 rings (SSSR count). The van der Waals surface area contributed by atoms with Crippen molar-refractivity contribution in [2.75, 3.05) is 32.8 Å². The predicted octanol–water partition coefficient (Wildman–Crippen LogP) is 4.60. The van der Waals surface area contributed by atoms with Crippen LogP contribution >= 0.6 is 0 Å². The van der Waals surface area contributed by atoms with Crippen LogP contribution in [0.3, 0.4) is 0 Å². The molecule has 11 heteroatoms. The van der Waals surface area contributed by atoms with Crippen LogP contribution in [0.4, 0.5) is 11.4 Å². The third-order valence-corrected chi connectivity index (χ3v) is 7.10. The summed E-state index contributed by atoms with van der Waals surface area (Å²) in [6.45, 7) is 5.73. The molecule has 1 aliphatic heterocycles. The van der Waals surface area contributed by atoms with Crippen LogP contribution in [0.15, 0.2) is 59.1 Å². The van der Waals surface area contributed by atoms with E-state index in [1.807, 2.05) is 13.8 Å². The molecule has 2 aromatic rings. The molecule has 1 heterocycles. The van der Waals surface area contributed by atoms with Crippen molar-refractivity contribution in [2.45, 2.75) is 39.5 Å². The second-order valence-electron chi connectivity index (χ2n) is 10.3. The van der Waals surface area contributed by atoms with Crippen LogP contribution in [0.5, 0.6) is 17.2 Å². The minimum atomic E-state index is -0.888. The van der Waals surface area contributed by atoms with Crippen molar-refractivity contribution in [3.8, 4) is 17.2 Å². The summed E-state index contributed by atoms with van der Waals surface area (Å²) in [6, 6.07) is 9.19. The highest BCUT2D eigenvalue weighted by Crippen LogP contribution is 2.52. The molecule has 0 unspecified atom stereocenters. The number of hydrogen-bond donors (Lipinski definition) is 1. The molecule has 0 amide bonds. The average Bonchev–Trinajstić information content (AvgIpc) is 2.91. The van der Waals surface area contributed by atoms with Crippen LogP contribution in [-0.2, 0) is 14.3 Å². The van der Waals surface area contributed by atoms with Crippen LogP contribution in [-0.4, -0.2) is 44.6 Å². The molecular formula is C29H33N3O8. The summed E-state index contributed by atoms with van der Waals surface area (Å²) in [7, 11) is 4.44. The largest absolute Gasteiger partial charge is 0.493 e. The number of hydrogen-bond acceptors (Lipinski definition) is 10. The summed E-state index contributed by atoms with van der Waals surface area (Å²) in [6.07, 6.45) is 0.708. The van der Waals surface area contributed by atoms with Gasteiger partial charge in [-0.15, -0.1) is 0 Å². The van der Waals surface area contributed by atoms with E-state index in [1.165, 1.54) is 33.5 Å². The van der Waals surface area contributed by atoms with Crippen molar-refractivity contribution in [3.05, 3.63) is 74.7 Å². The van der Waals surface area contributed by atoms with Gasteiger partial charge in [0.05, 0.1) is 44.4 Å². The van der Waals surface area contributed by atoms with Gasteiger partial charge >= 0.3 is 5.97 Å². The summed E-state index contributed by atoms with van der Waals surface area (Å²) < 4.78 is 22.0. The highest BCUT2D eigenvalue weighted by molar-refractivity contribution is 6.05. The molecule has 2 N–H and O–H groups in total. The van der Waals surface area contributed by atoms with E-state index in [0.717, 1.165) is 0 Å². The van der Waals surface area contributed by atoms with Gasteiger partial charge in [0.2, 0.25) is 5.75 Å². The van der Waals surface area contributed by atoms with Gasteiger partial charge in [-0.25, -0.2) is 4.79 Å². The third kappa shape index (κ3) is 4.94. The van der Waals surface area contributed by atoms with Crippen LogP contribution in [0.25, 0.3) is 0 Å². The Morgan fingerprint density at radius 2 is 1.68 bits per heavy atom. The first-order valence-corrected chi connectivity index (χ1v) is 12.7. The fourth-order valence-electron chi connectivity index (χ4n) is 5.44. The summed E-state index contributed by atoms with van der Waals surface area (Å²) in [5, 5.41) is 11.3. The van der Waals surface area contributed by atoms with E-state index < -0.39 is 22.2 Å². The van der Waals surface area contributed by atoms with Crippen LogP contribution in [0.2, 0.25) is 0 Å². The van der Waals surface area contributed by atoms with Gasteiger partial charge in [-0.1, -0.05) is 13.8 Å². The number of anilines is 1. The van der Waals surface area contributed by atoms with Gasteiger partial charge in [0.1, 0.15) is 5.82 Å². The molecule has 0 spiro atoms. The molecule has 40 heavy (non-hydrogen) atoms. The number of rotatable bonds is 8. The van der Waals surface area contributed by atoms with E-state index >= 15 is 0 Å². The van der Waals surface area contributed by atoms with Crippen molar-refractivity contribution in [3.63, 3.8) is 0 Å². The number of ketones is 1. The number of carbonyl (C=O) groups excluding carboxylic acids is 2. The molecule has 0 aromatic heterocycles. The van der Waals surface area contributed by atoms with E-state index in [2.05, 4.69) is 0 Å². The van der Waals surface area contributed by atoms with Gasteiger partial charge in [-0.3, -0.25) is 19.8 Å². The standard InChI is InChI=1S/C29H33N3O8/c1-7-40-28(34)25-23(16-12-21(37-4)26(39-6)22(13-16)38-5)24-19(14-29(2,3)15-20(24)33)31(27(25)30)17-8-10-18(11-9-17)32(35)36/h8-13,23H,7,14-15,30H2,1-6H3/t23-/m1/s1. The number of benzene rings is 2. The maximum Gasteiger partial charge on any atom is 0.338 e. The lowest BCUT2D eigenvalue weighted by Crippen LogP contribution is -2.43. The first kappa shape index (κ1) is 28.5. The minimum Gasteiger partial charge on any atom is -0.493 e. The maximum absolute atomic E-state index is 13.9. The number of ether oxygens (including phenoxy) is 4. The number of nitrogens with two attached hydrogens (primary N) is 1. The lowest BCUT2D eigenvalue weighted by Gasteiger charge is -2.44. The molecule has 1 atom stereocenters. The van der Waals surface area contributed by atoms with Crippen LogP contribution in [0, 0.1) is 15.5 Å². The first-order valence-electron chi connectivity index (χ1n) is 12.7. The van der Waals surface area contributed by atoms with Gasteiger partial charge in [0.15, 0.2) is 17.3 Å². The molecule has 0 saturated carbocycles. The average molecular weight is 552 g/mol. The number of non-ortho nitro benzene ring substituents is 1. The molecule has 0 radical (unpaired) electrons. The number of nitro benzene ring substituents is 1. The molecule has 0 saturated heterocycles. The fraction of sp³-hybridized carbons (Fsp3) is 0.379. The molecule has 2 aliphatic rings. The number of Topliss-reactive ketones (excluding diaryl/α,β-unsaturated/α-hetero) is 1. The van der Waals surface area contributed by atoms with E-state index in [4.69, 9.17) is 24.7 Å². The normalized spacial score (nSPS) is 18.3. The van der Waals surface area contributed by atoms with Crippen molar-refractivity contribution in [1.82, 2.24) is 0 Å². The van der Waals surface area contributed by atoms with Crippen LogP contribution in [0.1, 0.15) is 45.1 Å². The number of nitrogens with zero attached hydrogens (tertiary/aromatic N) is 2. The monoisotopic (exact) mass is 551 g/mol. The number of methoxy groups -OCH3 is 3. The second-order valence-corrected chi connectivity index (χ2v) is 10.3. The van der Waals surface area contributed by atoms with Crippen LogP contribution < -0.4 is 24.8 Å². The summed E-state index contributed by atoms with van der Waals surface area (Å²) >= 11 is 0. The summed E-state index contributed by atoms with van der Waals surface area (Å²) in [5.41, 5.74) is 8.37. The van der Waals surface area contributed by atoms with Crippen molar-refractivity contribution < 1.29 is 33.5 Å². The zero-order valence-corrected chi connectivity index (χ0v) is 23.4. The minimum absolute atomic E-state index is 0.0651. The number of esters is 1. The molecule has 0 fully saturated rings.